The molecule has 4 heteroatoms. The van der Waals surface area contributed by atoms with Gasteiger partial charge in [-0.05, 0) is 26.2 Å². The first kappa shape index (κ1) is 9.93. The highest BCUT2D eigenvalue weighted by atomic mass is 16.5. The first-order valence-corrected chi connectivity index (χ1v) is 5.35. The van der Waals surface area contributed by atoms with Gasteiger partial charge in [0.05, 0.1) is 18.1 Å². The number of hydrogen-bond acceptors (Lipinski definition) is 3. The maximum atomic E-state index is 11.7. The number of nitrogens with one attached hydrogen (secondary N) is 1. The number of hydrogen-bond donors (Lipinski definition) is 2. The lowest BCUT2D eigenvalue weighted by Gasteiger charge is -2.18. The Morgan fingerprint density at radius 2 is 2.43 bits per heavy atom. The molecule has 4 unspecified atom stereocenters. The third kappa shape index (κ3) is 1.91. The van der Waals surface area contributed by atoms with Gasteiger partial charge in [0.25, 0.3) is 0 Å². The van der Waals surface area contributed by atoms with Crippen molar-refractivity contribution in [2.24, 2.45) is 11.7 Å². The second-order valence-corrected chi connectivity index (χ2v) is 4.44. The summed E-state index contributed by atoms with van der Waals surface area (Å²) in [5, 5.41) is 2.86. The summed E-state index contributed by atoms with van der Waals surface area (Å²) >= 11 is 0. The Bertz CT molecular complexity index is 230. The van der Waals surface area contributed by atoms with E-state index < -0.39 is 0 Å². The van der Waals surface area contributed by atoms with E-state index in [1.54, 1.807) is 0 Å². The summed E-state index contributed by atoms with van der Waals surface area (Å²) in [5.41, 5.74) is 5.57. The van der Waals surface area contributed by atoms with Gasteiger partial charge in [-0.25, -0.2) is 0 Å². The molecule has 0 aromatic rings. The van der Waals surface area contributed by atoms with Gasteiger partial charge in [0, 0.05) is 12.6 Å². The van der Waals surface area contributed by atoms with Gasteiger partial charge in [-0.15, -0.1) is 0 Å². The van der Waals surface area contributed by atoms with Crippen molar-refractivity contribution < 1.29 is 9.53 Å². The van der Waals surface area contributed by atoms with Crippen molar-refractivity contribution in [3.05, 3.63) is 0 Å². The van der Waals surface area contributed by atoms with Crippen LogP contribution in [0.5, 0.6) is 0 Å². The quantitative estimate of drug-likeness (QED) is 0.672. The zero-order valence-electron chi connectivity index (χ0n) is 8.53. The van der Waals surface area contributed by atoms with Crippen LogP contribution in [0.2, 0.25) is 0 Å². The lowest BCUT2D eigenvalue weighted by atomic mass is 9.88. The Morgan fingerprint density at radius 1 is 1.64 bits per heavy atom. The van der Waals surface area contributed by atoms with Gasteiger partial charge in [0.15, 0.2) is 0 Å². The molecule has 0 spiro atoms. The molecule has 80 valence electrons. The zero-order valence-corrected chi connectivity index (χ0v) is 8.53. The molecular formula is C10H18N2O2. The molecule has 0 aliphatic carbocycles. The Balaban J connectivity index is 1.81. The maximum Gasteiger partial charge on any atom is 0.225 e. The summed E-state index contributed by atoms with van der Waals surface area (Å²) in [5.74, 6) is 0.196. The Hall–Kier alpha value is -0.610. The monoisotopic (exact) mass is 198 g/mol. The molecule has 1 amide bonds. The fraction of sp³-hybridized carbons (Fsp3) is 0.900. The van der Waals surface area contributed by atoms with Crippen molar-refractivity contribution in [2.45, 2.75) is 44.4 Å². The Kier molecular flexibility index (Phi) is 2.74. The third-order valence-corrected chi connectivity index (χ3v) is 3.04. The molecular weight excluding hydrogens is 180 g/mol. The topological polar surface area (TPSA) is 64.3 Å². The van der Waals surface area contributed by atoms with Gasteiger partial charge in [-0.2, -0.15) is 0 Å². The lowest BCUT2D eigenvalue weighted by Crippen LogP contribution is -2.41. The molecule has 3 N–H and O–H groups in total. The van der Waals surface area contributed by atoms with Crippen molar-refractivity contribution in [3.8, 4) is 0 Å². The van der Waals surface area contributed by atoms with Crippen molar-refractivity contribution in [3.63, 3.8) is 0 Å². The largest absolute Gasteiger partial charge is 0.374 e. The third-order valence-electron chi connectivity index (χ3n) is 3.04. The van der Waals surface area contributed by atoms with Crippen LogP contribution in [0, 0.1) is 5.92 Å². The number of carbonyl (C=O) groups excluding carboxylic acids is 1. The summed E-state index contributed by atoms with van der Waals surface area (Å²) in [6.07, 6.45) is 3.58. The number of amides is 1. The second-order valence-electron chi connectivity index (χ2n) is 4.44. The van der Waals surface area contributed by atoms with E-state index in [0.717, 1.165) is 19.3 Å². The highest BCUT2D eigenvalue weighted by Crippen LogP contribution is 2.38. The van der Waals surface area contributed by atoms with E-state index in [2.05, 4.69) is 5.32 Å². The van der Waals surface area contributed by atoms with Crippen LogP contribution < -0.4 is 11.1 Å². The molecule has 2 saturated heterocycles. The predicted octanol–water partition coefficient (Wildman–Crippen LogP) is 0.0173. The minimum atomic E-state index is 0.0264. The molecule has 0 radical (unpaired) electrons. The van der Waals surface area contributed by atoms with E-state index in [0.29, 0.717) is 12.6 Å². The van der Waals surface area contributed by atoms with Crippen LogP contribution >= 0.6 is 0 Å². The molecule has 2 fully saturated rings. The fourth-order valence-corrected chi connectivity index (χ4v) is 2.31. The molecule has 0 aromatic heterocycles. The van der Waals surface area contributed by atoms with Gasteiger partial charge in [0.2, 0.25) is 5.91 Å². The van der Waals surface area contributed by atoms with E-state index in [1.165, 1.54) is 0 Å². The van der Waals surface area contributed by atoms with Crippen molar-refractivity contribution in [2.75, 3.05) is 6.54 Å². The van der Waals surface area contributed by atoms with Crippen molar-refractivity contribution in [1.82, 2.24) is 5.32 Å². The average Bonchev–Trinajstić information content (AvgIpc) is 2.74. The van der Waals surface area contributed by atoms with Crippen LogP contribution in [0.1, 0.15) is 26.2 Å². The van der Waals surface area contributed by atoms with Crippen LogP contribution in [0.4, 0.5) is 0 Å². The van der Waals surface area contributed by atoms with Gasteiger partial charge >= 0.3 is 0 Å². The van der Waals surface area contributed by atoms with Crippen molar-refractivity contribution in [1.29, 1.82) is 0 Å². The van der Waals surface area contributed by atoms with E-state index in [4.69, 9.17) is 10.5 Å². The molecule has 2 heterocycles. The molecule has 4 nitrogen and oxygen atoms in total. The van der Waals surface area contributed by atoms with Gasteiger partial charge in [0.1, 0.15) is 0 Å². The molecule has 2 rings (SSSR count). The summed E-state index contributed by atoms with van der Waals surface area (Å²) in [6, 6.07) is 0.0264. The fourth-order valence-electron chi connectivity index (χ4n) is 2.31. The second kappa shape index (κ2) is 3.87. The first-order chi connectivity index (χ1) is 6.66. The highest BCUT2D eigenvalue weighted by Gasteiger charge is 2.44. The lowest BCUT2D eigenvalue weighted by molar-refractivity contribution is -0.126. The maximum absolute atomic E-state index is 11.7. The van der Waals surface area contributed by atoms with E-state index in [1.807, 2.05) is 6.92 Å². The number of ether oxygens (including phenoxy) is 1. The van der Waals surface area contributed by atoms with E-state index >= 15 is 0 Å². The standard InChI is InChI=1S/C10H18N2O2/c1-6(11)5-12-10(13)8-4-7-2-3-9(8)14-7/h6-9H,2-5,11H2,1H3,(H,12,13). The minimum Gasteiger partial charge on any atom is -0.374 e. The number of nitrogens with two attached hydrogens (primary N) is 1. The summed E-state index contributed by atoms with van der Waals surface area (Å²) in [6.45, 7) is 2.45. The number of fused-ring (bicyclic) bond motifs is 2. The average molecular weight is 198 g/mol. The normalized spacial score (nSPS) is 37.1. The van der Waals surface area contributed by atoms with Crippen molar-refractivity contribution >= 4 is 5.91 Å². The van der Waals surface area contributed by atoms with E-state index in [9.17, 15) is 4.79 Å². The summed E-state index contributed by atoms with van der Waals surface area (Å²) in [7, 11) is 0. The minimum absolute atomic E-state index is 0.0264. The van der Waals surface area contributed by atoms with Crippen LogP contribution in [-0.2, 0) is 9.53 Å². The number of carbonyl (C=O) groups is 1. The van der Waals surface area contributed by atoms with Gasteiger partial charge in [-0.1, -0.05) is 0 Å². The zero-order chi connectivity index (χ0) is 10.1. The molecule has 0 aromatic carbocycles. The smallest absolute Gasteiger partial charge is 0.225 e. The van der Waals surface area contributed by atoms with E-state index in [-0.39, 0.29) is 24.0 Å². The summed E-state index contributed by atoms with van der Waals surface area (Å²) in [4.78, 5) is 11.7. The van der Waals surface area contributed by atoms with Crippen LogP contribution in [0.15, 0.2) is 0 Å². The Labute approximate surface area is 84.2 Å². The number of rotatable bonds is 3. The van der Waals surface area contributed by atoms with Gasteiger partial charge in [-0.3, -0.25) is 4.79 Å². The molecule has 14 heavy (non-hydrogen) atoms. The van der Waals surface area contributed by atoms with Gasteiger partial charge < -0.3 is 15.8 Å². The van der Waals surface area contributed by atoms with Crippen LogP contribution in [-0.4, -0.2) is 30.7 Å². The molecule has 2 aliphatic rings. The highest BCUT2D eigenvalue weighted by molar-refractivity contribution is 5.79. The molecule has 4 atom stereocenters. The first-order valence-electron chi connectivity index (χ1n) is 5.35. The van der Waals surface area contributed by atoms with Crippen LogP contribution in [0.3, 0.4) is 0 Å². The molecule has 0 saturated carbocycles. The Morgan fingerprint density at radius 3 is 2.93 bits per heavy atom. The molecule has 2 bridgehead atoms. The summed E-state index contributed by atoms with van der Waals surface area (Å²) < 4.78 is 5.62. The van der Waals surface area contributed by atoms with Crippen LogP contribution in [0.25, 0.3) is 0 Å². The molecule has 2 aliphatic heterocycles. The SMILES string of the molecule is CC(N)CNC(=O)C1CC2CCC1O2. The predicted molar refractivity (Wildman–Crippen MR) is 52.7 cm³/mol.